The summed E-state index contributed by atoms with van der Waals surface area (Å²) < 4.78 is 25.4. The van der Waals surface area contributed by atoms with Gasteiger partial charge in [0.05, 0.1) is 10.6 Å². The van der Waals surface area contributed by atoms with E-state index in [1.54, 1.807) is 25.1 Å². The molecule has 0 aliphatic rings. The minimum atomic E-state index is -3.40. The van der Waals surface area contributed by atoms with Gasteiger partial charge in [0.2, 0.25) is 0 Å². The topological polar surface area (TPSA) is 60.2 Å². The van der Waals surface area contributed by atoms with E-state index in [2.05, 4.69) is 0 Å². The Balaban J connectivity index is 2.50. The van der Waals surface area contributed by atoms with Crippen molar-refractivity contribution < 1.29 is 8.42 Å². The van der Waals surface area contributed by atoms with E-state index >= 15 is 0 Å². The van der Waals surface area contributed by atoms with Gasteiger partial charge in [-0.25, -0.2) is 8.42 Å². The van der Waals surface area contributed by atoms with Crippen molar-refractivity contribution in [2.24, 2.45) is 0 Å². The molecule has 0 radical (unpaired) electrons. The molecule has 4 heteroatoms. The highest BCUT2D eigenvalue weighted by Gasteiger charge is 2.20. The molecular formula is C17H21NO2S. The molecule has 0 saturated heterocycles. The molecule has 0 aliphatic heterocycles. The molecule has 0 bridgehead atoms. The molecular weight excluding hydrogens is 282 g/mol. The standard InChI is InChI=1S/C17H21NO2S/c1-11-7-13(3)16(14(4)8-11)10-21(19,20)17-9-15(18)6-5-12(17)2/h5-9H,10,18H2,1-4H3. The summed E-state index contributed by atoms with van der Waals surface area (Å²) in [4.78, 5) is 0.321. The van der Waals surface area contributed by atoms with Gasteiger partial charge in [-0.2, -0.15) is 0 Å². The lowest BCUT2D eigenvalue weighted by Gasteiger charge is -2.13. The summed E-state index contributed by atoms with van der Waals surface area (Å²) in [5.41, 5.74) is 11.0. The zero-order chi connectivity index (χ0) is 15.8. The zero-order valence-electron chi connectivity index (χ0n) is 12.9. The van der Waals surface area contributed by atoms with E-state index < -0.39 is 9.84 Å². The number of anilines is 1. The fourth-order valence-corrected chi connectivity index (χ4v) is 4.52. The van der Waals surface area contributed by atoms with Gasteiger partial charge in [-0.3, -0.25) is 0 Å². The van der Waals surface area contributed by atoms with Gasteiger partial charge in [-0.1, -0.05) is 23.8 Å². The van der Waals surface area contributed by atoms with Gasteiger partial charge in [0, 0.05) is 5.69 Å². The molecule has 0 fully saturated rings. The van der Waals surface area contributed by atoms with Crippen LogP contribution in [0.25, 0.3) is 0 Å². The molecule has 0 saturated carbocycles. The molecule has 0 spiro atoms. The second-order valence-corrected chi connectivity index (χ2v) is 7.62. The second-order valence-electron chi connectivity index (χ2n) is 5.66. The summed E-state index contributed by atoms with van der Waals surface area (Å²) in [5.74, 6) is 0.00917. The highest BCUT2D eigenvalue weighted by atomic mass is 32.2. The summed E-state index contributed by atoms with van der Waals surface area (Å²) in [5, 5.41) is 0. The maximum Gasteiger partial charge on any atom is 0.182 e. The first-order valence-electron chi connectivity index (χ1n) is 6.86. The van der Waals surface area contributed by atoms with Crippen molar-refractivity contribution in [1.29, 1.82) is 0 Å². The average Bonchev–Trinajstić information content (AvgIpc) is 2.36. The Bertz CT molecular complexity index is 769. The fourth-order valence-electron chi connectivity index (χ4n) is 2.66. The Kier molecular flexibility index (Phi) is 4.10. The Hall–Kier alpha value is -1.81. The van der Waals surface area contributed by atoms with Crippen LogP contribution in [0.4, 0.5) is 5.69 Å². The van der Waals surface area contributed by atoms with Crippen LogP contribution >= 0.6 is 0 Å². The van der Waals surface area contributed by atoms with Crippen LogP contribution in [0, 0.1) is 27.7 Å². The van der Waals surface area contributed by atoms with Crippen molar-refractivity contribution in [1.82, 2.24) is 0 Å². The lowest BCUT2D eigenvalue weighted by Crippen LogP contribution is -2.10. The van der Waals surface area contributed by atoms with E-state index in [-0.39, 0.29) is 5.75 Å². The first kappa shape index (κ1) is 15.6. The fraction of sp³-hybridized carbons (Fsp3) is 0.294. The highest BCUT2D eigenvalue weighted by Crippen LogP contribution is 2.26. The maximum atomic E-state index is 12.7. The van der Waals surface area contributed by atoms with Crippen molar-refractivity contribution in [2.45, 2.75) is 38.3 Å². The Morgan fingerprint density at radius 3 is 2.05 bits per heavy atom. The Morgan fingerprint density at radius 1 is 0.905 bits per heavy atom. The Labute approximate surface area is 126 Å². The molecule has 0 atom stereocenters. The number of nitrogen functional groups attached to an aromatic ring is 1. The third-order valence-electron chi connectivity index (χ3n) is 3.72. The van der Waals surface area contributed by atoms with Crippen LogP contribution in [0.1, 0.15) is 27.8 Å². The predicted molar refractivity (Wildman–Crippen MR) is 87.1 cm³/mol. The maximum absolute atomic E-state index is 12.7. The first-order valence-corrected chi connectivity index (χ1v) is 8.51. The molecule has 2 aromatic rings. The van der Waals surface area contributed by atoms with Crippen LogP contribution in [-0.2, 0) is 15.6 Å². The number of sulfone groups is 1. The molecule has 0 aromatic heterocycles. The van der Waals surface area contributed by atoms with Crippen molar-refractivity contribution in [3.8, 4) is 0 Å². The van der Waals surface area contributed by atoms with Crippen LogP contribution in [-0.4, -0.2) is 8.42 Å². The quantitative estimate of drug-likeness (QED) is 0.883. The molecule has 21 heavy (non-hydrogen) atoms. The summed E-state index contributed by atoms with van der Waals surface area (Å²) in [7, 11) is -3.40. The highest BCUT2D eigenvalue weighted by molar-refractivity contribution is 7.90. The lowest BCUT2D eigenvalue weighted by molar-refractivity contribution is 0.594. The number of benzene rings is 2. The van der Waals surface area contributed by atoms with Gasteiger partial charge in [-0.05, 0) is 62.1 Å². The average molecular weight is 303 g/mol. The van der Waals surface area contributed by atoms with Crippen LogP contribution in [0.15, 0.2) is 35.2 Å². The second kappa shape index (κ2) is 5.53. The third-order valence-corrected chi connectivity index (χ3v) is 5.50. The minimum absolute atomic E-state index is 0.00917. The summed E-state index contributed by atoms with van der Waals surface area (Å²) in [6.07, 6.45) is 0. The SMILES string of the molecule is Cc1cc(C)c(CS(=O)(=O)c2cc(N)ccc2C)c(C)c1. The van der Waals surface area contributed by atoms with E-state index in [1.165, 1.54) is 0 Å². The van der Waals surface area contributed by atoms with E-state index in [0.29, 0.717) is 10.6 Å². The molecule has 2 N–H and O–H groups in total. The van der Waals surface area contributed by atoms with Crippen LogP contribution < -0.4 is 5.73 Å². The summed E-state index contributed by atoms with van der Waals surface area (Å²) >= 11 is 0. The molecule has 2 aromatic carbocycles. The number of hydrogen-bond donors (Lipinski definition) is 1. The Morgan fingerprint density at radius 2 is 1.48 bits per heavy atom. The van der Waals surface area contributed by atoms with Gasteiger partial charge >= 0.3 is 0 Å². The smallest absolute Gasteiger partial charge is 0.182 e. The number of nitrogens with two attached hydrogens (primary N) is 1. The molecule has 2 rings (SSSR count). The number of aryl methyl sites for hydroxylation is 4. The van der Waals surface area contributed by atoms with Crippen molar-refractivity contribution in [3.63, 3.8) is 0 Å². The van der Waals surface area contributed by atoms with Crippen LogP contribution in [0.3, 0.4) is 0 Å². The van der Waals surface area contributed by atoms with Crippen molar-refractivity contribution in [2.75, 3.05) is 5.73 Å². The van der Waals surface area contributed by atoms with Gasteiger partial charge < -0.3 is 5.73 Å². The van der Waals surface area contributed by atoms with Gasteiger partial charge in [0.15, 0.2) is 9.84 Å². The molecule has 0 aliphatic carbocycles. The summed E-state index contributed by atoms with van der Waals surface area (Å²) in [6.45, 7) is 7.72. The molecule has 0 heterocycles. The van der Waals surface area contributed by atoms with E-state index in [4.69, 9.17) is 5.73 Å². The van der Waals surface area contributed by atoms with Crippen molar-refractivity contribution in [3.05, 3.63) is 58.1 Å². The predicted octanol–water partition coefficient (Wildman–Crippen LogP) is 3.48. The lowest BCUT2D eigenvalue weighted by atomic mass is 10.0. The molecule has 0 amide bonds. The third kappa shape index (κ3) is 3.27. The van der Waals surface area contributed by atoms with Crippen molar-refractivity contribution >= 4 is 15.5 Å². The largest absolute Gasteiger partial charge is 0.399 e. The number of hydrogen-bond acceptors (Lipinski definition) is 3. The summed E-state index contributed by atoms with van der Waals surface area (Å²) in [6, 6.07) is 9.05. The monoisotopic (exact) mass is 303 g/mol. The van der Waals surface area contributed by atoms with E-state index in [1.807, 2.05) is 32.9 Å². The molecule has 112 valence electrons. The van der Waals surface area contributed by atoms with Gasteiger partial charge in [-0.15, -0.1) is 0 Å². The van der Waals surface area contributed by atoms with Crippen LogP contribution in [0.2, 0.25) is 0 Å². The van der Waals surface area contributed by atoms with Crippen LogP contribution in [0.5, 0.6) is 0 Å². The van der Waals surface area contributed by atoms with E-state index in [9.17, 15) is 8.42 Å². The van der Waals surface area contributed by atoms with E-state index in [0.717, 1.165) is 27.8 Å². The molecule has 0 unspecified atom stereocenters. The number of rotatable bonds is 3. The zero-order valence-corrected chi connectivity index (χ0v) is 13.7. The van der Waals surface area contributed by atoms with Gasteiger partial charge in [0.25, 0.3) is 0 Å². The normalized spacial score (nSPS) is 11.6. The van der Waals surface area contributed by atoms with Gasteiger partial charge in [0.1, 0.15) is 0 Å². The first-order chi connectivity index (χ1) is 9.70. The molecule has 3 nitrogen and oxygen atoms in total. The minimum Gasteiger partial charge on any atom is -0.399 e.